The highest BCUT2D eigenvalue weighted by atomic mass is 16.5. The maximum absolute atomic E-state index is 13.2. The van der Waals surface area contributed by atoms with Crippen molar-refractivity contribution >= 4 is 47.2 Å². The third-order valence-electron chi connectivity index (χ3n) is 10.1. The van der Waals surface area contributed by atoms with Gasteiger partial charge in [0, 0.05) is 37.3 Å². The van der Waals surface area contributed by atoms with Crippen molar-refractivity contribution in [1.82, 2.24) is 9.80 Å². The van der Waals surface area contributed by atoms with Gasteiger partial charge in [-0.25, -0.2) is 0 Å². The van der Waals surface area contributed by atoms with Crippen LogP contribution in [0.5, 0.6) is 11.5 Å². The van der Waals surface area contributed by atoms with Gasteiger partial charge in [-0.3, -0.25) is 19.2 Å². The van der Waals surface area contributed by atoms with Gasteiger partial charge in [0.1, 0.15) is 23.6 Å². The number of hydrogen-bond acceptors (Lipinski definition) is 6. The van der Waals surface area contributed by atoms with Crippen LogP contribution in [0.3, 0.4) is 0 Å². The predicted molar refractivity (Wildman–Crippen MR) is 211 cm³/mol. The lowest BCUT2D eigenvalue weighted by Gasteiger charge is -2.24. The van der Waals surface area contributed by atoms with Crippen LogP contribution in [0.25, 0.3) is 12.2 Å². The van der Waals surface area contributed by atoms with E-state index in [9.17, 15) is 19.2 Å². The van der Waals surface area contributed by atoms with Gasteiger partial charge in [0.15, 0.2) is 0 Å². The minimum atomic E-state index is -0.481. The summed E-state index contributed by atoms with van der Waals surface area (Å²) in [5.41, 5.74) is 5.31. The zero-order chi connectivity index (χ0) is 37.9. The molecule has 280 valence electrons. The highest BCUT2D eigenvalue weighted by molar-refractivity contribution is 5.98. The Hall–Kier alpha value is -5.90. The number of anilines is 2. The molecule has 2 heterocycles. The zero-order valence-corrected chi connectivity index (χ0v) is 31.0. The van der Waals surface area contributed by atoms with Crippen LogP contribution in [0, 0.1) is 0 Å². The number of benzene rings is 4. The first-order valence-electron chi connectivity index (χ1n) is 18.6. The second-order valence-corrected chi connectivity index (χ2v) is 13.7. The highest BCUT2D eigenvalue weighted by Gasteiger charge is 2.35. The zero-order valence-electron chi connectivity index (χ0n) is 31.0. The monoisotopic (exact) mass is 728 g/mol. The van der Waals surface area contributed by atoms with Crippen molar-refractivity contribution in [1.29, 1.82) is 0 Å². The molecule has 2 fully saturated rings. The second-order valence-electron chi connectivity index (χ2n) is 13.7. The van der Waals surface area contributed by atoms with Crippen LogP contribution >= 0.6 is 0 Å². The van der Waals surface area contributed by atoms with E-state index >= 15 is 0 Å². The molecule has 0 aromatic heterocycles. The van der Waals surface area contributed by atoms with Gasteiger partial charge in [-0.1, -0.05) is 60.7 Å². The Bertz CT molecular complexity index is 1820. The molecule has 0 bridgehead atoms. The number of methoxy groups -OCH3 is 2. The fraction of sp³-hybridized carbons (Fsp3) is 0.318. The van der Waals surface area contributed by atoms with E-state index in [4.69, 9.17) is 9.47 Å². The van der Waals surface area contributed by atoms with Gasteiger partial charge in [0.2, 0.25) is 23.6 Å². The van der Waals surface area contributed by atoms with Gasteiger partial charge in [0.25, 0.3) is 0 Å². The maximum Gasteiger partial charge on any atom is 0.247 e. The van der Waals surface area contributed by atoms with Gasteiger partial charge in [0.05, 0.1) is 14.2 Å². The minimum absolute atomic E-state index is 0.0179. The Labute approximate surface area is 317 Å². The Kier molecular flexibility index (Phi) is 12.8. The lowest BCUT2D eigenvalue weighted by atomic mass is 10.1. The molecule has 2 aliphatic heterocycles. The summed E-state index contributed by atoms with van der Waals surface area (Å²) in [7, 11) is 3.24. The van der Waals surface area contributed by atoms with Crippen LogP contribution < -0.4 is 20.1 Å². The molecule has 4 amide bonds. The first-order chi connectivity index (χ1) is 26.3. The Morgan fingerprint density at radius 3 is 1.41 bits per heavy atom. The normalized spacial score (nSPS) is 16.7. The molecule has 2 N–H and O–H groups in total. The number of likely N-dealkylation sites (tertiary alicyclic amines) is 2. The van der Waals surface area contributed by atoms with Crippen molar-refractivity contribution < 1.29 is 28.7 Å². The summed E-state index contributed by atoms with van der Waals surface area (Å²) in [6.45, 7) is 1.16. The van der Waals surface area contributed by atoms with E-state index < -0.39 is 12.1 Å². The third-order valence-corrected chi connectivity index (χ3v) is 10.1. The predicted octanol–water partition coefficient (Wildman–Crippen LogP) is 7.00. The summed E-state index contributed by atoms with van der Waals surface area (Å²) in [5, 5.41) is 5.98. The van der Waals surface area contributed by atoms with Crippen LogP contribution in [-0.4, -0.2) is 72.8 Å². The molecule has 2 saturated heterocycles. The van der Waals surface area contributed by atoms with Crippen LogP contribution in [0.4, 0.5) is 11.4 Å². The fourth-order valence-corrected chi connectivity index (χ4v) is 7.12. The number of amides is 4. The molecule has 10 heteroatoms. The van der Waals surface area contributed by atoms with Crippen molar-refractivity contribution in [2.24, 2.45) is 0 Å². The first kappa shape index (κ1) is 37.8. The molecule has 54 heavy (non-hydrogen) atoms. The molecule has 0 aliphatic carbocycles. The molecular formula is C44H48N4O6. The number of hydrogen-bond donors (Lipinski definition) is 2. The van der Waals surface area contributed by atoms with E-state index in [0.717, 1.165) is 46.6 Å². The van der Waals surface area contributed by atoms with E-state index in [2.05, 4.69) is 10.6 Å². The summed E-state index contributed by atoms with van der Waals surface area (Å²) < 4.78 is 10.6. The fourth-order valence-electron chi connectivity index (χ4n) is 7.12. The number of ether oxygens (including phenoxy) is 2. The molecule has 0 spiro atoms. The minimum Gasteiger partial charge on any atom is -0.497 e. The van der Waals surface area contributed by atoms with Gasteiger partial charge in [-0.05, 0) is 109 Å². The van der Waals surface area contributed by atoms with Gasteiger partial charge in [-0.15, -0.1) is 0 Å². The van der Waals surface area contributed by atoms with Crippen molar-refractivity contribution in [2.45, 2.75) is 63.5 Å². The van der Waals surface area contributed by atoms with Gasteiger partial charge in [-0.2, -0.15) is 0 Å². The Morgan fingerprint density at radius 2 is 1.02 bits per heavy atom. The van der Waals surface area contributed by atoms with Crippen molar-refractivity contribution in [3.05, 3.63) is 119 Å². The average Bonchev–Trinajstić information content (AvgIpc) is 3.91. The quantitative estimate of drug-likeness (QED) is 0.135. The molecule has 0 saturated carbocycles. The first-order valence-corrected chi connectivity index (χ1v) is 18.6. The van der Waals surface area contributed by atoms with E-state index in [-0.39, 0.29) is 23.6 Å². The number of aryl methyl sites for hydroxylation is 2. The summed E-state index contributed by atoms with van der Waals surface area (Å²) in [6.07, 6.45) is 8.69. The molecule has 4 aromatic carbocycles. The van der Waals surface area contributed by atoms with Crippen LogP contribution in [-0.2, 0) is 32.0 Å². The maximum atomic E-state index is 13.2. The highest BCUT2D eigenvalue weighted by Crippen LogP contribution is 2.24. The Morgan fingerprint density at radius 1 is 0.611 bits per heavy atom. The van der Waals surface area contributed by atoms with Crippen LogP contribution in [0.15, 0.2) is 97.1 Å². The summed E-state index contributed by atoms with van der Waals surface area (Å²) >= 11 is 0. The van der Waals surface area contributed by atoms with Gasteiger partial charge < -0.3 is 29.9 Å². The van der Waals surface area contributed by atoms with E-state index in [1.165, 1.54) is 0 Å². The van der Waals surface area contributed by atoms with E-state index in [0.29, 0.717) is 63.0 Å². The SMILES string of the molecule is COc1cccc(CCC(=O)N2CCC[C@H]2C(=O)Nc2ccc(C=Cc3ccc(NC(=O)[C@@H]4CCCN4C(=O)CCc4cccc(OC)c4)cc3)cc2)c1. The van der Waals surface area contributed by atoms with Crippen LogP contribution in [0.1, 0.15) is 60.8 Å². The summed E-state index contributed by atoms with van der Waals surface area (Å²) in [5.74, 6) is 1.14. The number of carbonyl (C=O) groups is 4. The molecule has 4 aromatic rings. The third kappa shape index (κ3) is 9.95. The van der Waals surface area contributed by atoms with Gasteiger partial charge >= 0.3 is 0 Å². The number of nitrogens with one attached hydrogen (secondary N) is 2. The lowest BCUT2D eigenvalue weighted by molar-refractivity contribution is -0.136. The Balaban J connectivity index is 0.956. The van der Waals surface area contributed by atoms with E-state index in [1.807, 2.05) is 109 Å². The smallest absolute Gasteiger partial charge is 0.247 e. The lowest BCUT2D eigenvalue weighted by Crippen LogP contribution is -2.43. The second kappa shape index (κ2) is 18.2. The number of rotatable bonds is 14. The van der Waals surface area contributed by atoms with Crippen molar-refractivity contribution in [3.63, 3.8) is 0 Å². The summed E-state index contributed by atoms with van der Waals surface area (Å²) in [4.78, 5) is 56.0. The number of nitrogens with zero attached hydrogens (tertiary/aromatic N) is 2. The topological polar surface area (TPSA) is 117 Å². The molecule has 0 unspecified atom stereocenters. The van der Waals surface area contributed by atoms with Crippen molar-refractivity contribution in [2.75, 3.05) is 37.9 Å². The molecule has 10 nitrogen and oxygen atoms in total. The standard InChI is InChI=1S/C44H48N4O6/c1-53-37-9-3-7-33(29-37)19-25-41(49)47-27-5-11-39(47)43(51)45-35-21-15-31(16-22-35)13-14-32-17-23-36(24-18-32)46-44(52)40-12-6-28-48(40)42(50)26-20-34-8-4-10-38(30-34)54-2/h3-4,7-10,13-18,21-24,29-30,39-40H,5-6,11-12,19-20,25-28H2,1-2H3,(H,45,51)(H,46,52)/t39-,40-/m0/s1. The van der Waals surface area contributed by atoms with Crippen molar-refractivity contribution in [3.8, 4) is 11.5 Å². The number of carbonyl (C=O) groups excluding carboxylic acids is 4. The molecule has 6 rings (SSSR count). The average molecular weight is 729 g/mol. The molecule has 2 atom stereocenters. The van der Waals surface area contributed by atoms with Crippen LogP contribution in [0.2, 0.25) is 0 Å². The molecule has 0 radical (unpaired) electrons. The largest absolute Gasteiger partial charge is 0.497 e. The summed E-state index contributed by atoms with van der Waals surface area (Å²) in [6, 6.07) is 29.6. The molecular weight excluding hydrogens is 681 g/mol. The molecule has 2 aliphatic rings. The van der Waals surface area contributed by atoms with E-state index in [1.54, 1.807) is 24.0 Å².